The largest absolute Gasteiger partial charge is 0.385 e. The van der Waals surface area contributed by atoms with E-state index in [1.54, 1.807) is 7.11 Å². The summed E-state index contributed by atoms with van der Waals surface area (Å²) in [7, 11) is 1.66. The van der Waals surface area contributed by atoms with E-state index in [-0.39, 0.29) is 11.3 Å². The summed E-state index contributed by atoms with van der Waals surface area (Å²) >= 11 is 6.18. The average molecular weight is 268 g/mol. The van der Waals surface area contributed by atoms with E-state index in [1.807, 2.05) is 24.3 Å². The highest BCUT2D eigenvalue weighted by molar-refractivity contribution is 6.31. The molecule has 1 aromatic carbocycles. The van der Waals surface area contributed by atoms with E-state index in [1.165, 1.54) is 0 Å². The highest BCUT2D eigenvalue weighted by Crippen LogP contribution is 2.50. The van der Waals surface area contributed by atoms with Crippen LogP contribution in [-0.2, 0) is 14.9 Å². The van der Waals surface area contributed by atoms with Crippen molar-refractivity contribution in [1.29, 1.82) is 0 Å². The minimum atomic E-state index is -0.384. The Kier molecular flexibility index (Phi) is 4.25. The van der Waals surface area contributed by atoms with Crippen LogP contribution in [0.4, 0.5) is 0 Å². The molecule has 0 bridgehead atoms. The zero-order valence-corrected chi connectivity index (χ0v) is 11.3. The van der Waals surface area contributed by atoms with Crippen molar-refractivity contribution in [3.63, 3.8) is 0 Å². The van der Waals surface area contributed by atoms with Crippen LogP contribution in [0.2, 0.25) is 5.02 Å². The van der Waals surface area contributed by atoms with Gasteiger partial charge in [-0.05, 0) is 30.9 Å². The van der Waals surface area contributed by atoms with Gasteiger partial charge in [-0.2, -0.15) is 0 Å². The van der Waals surface area contributed by atoms with E-state index in [2.05, 4.69) is 5.32 Å². The van der Waals surface area contributed by atoms with Gasteiger partial charge in [0.25, 0.3) is 0 Å². The predicted octanol–water partition coefficient (Wildman–Crippen LogP) is 2.52. The number of amides is 1. The van der Waals surface area contributed by atoms with Crippen LogP contribution in [0.1, 0.15) is 24.8 Å². The third-order valence-corrected chi connectivity index (χ3v) is 3.71. The number of halogens is 1. The summed E-state index contributed by atoms with van der Waals surface area (Å²) in [6.07, 6.45) is 2.60. The Morgan fingerprint density at radius 3 is 2.78 bits per heavy atom. The van der Waals surface area contributed by atoms with Crippen LogP contribution in [0.25, 0.3) is 0 Å². The normalized spacial score (nSPS) is 16.3. The van der Waals surface area contributed by atoms with Crippen LogP contribution in [0.3, 0.4) is 0 Å². The zero-order chi connectivity index (χ0) is 13.0. The summed E-state index contributed by atoms with van der Waals surface area (Å²) in [5, 5.41) is 3.65. The second-order valence-electron chi connectivity index (χ2n) is 4.66. The molecule has 0 unspecified atom stereocenters. The number of methoxy groups -OCH3 is 1. The maximum Gasteiger partial charge on any atom is 0.230 e. The molecule has 0 atom stereocenters. The SMILES string of the molecule is COCCCNC(=O)C1(c2ccccc2Cl)CC1. The van der Waals surface area contributed by atoms with Gasteiger partial charge in [-0.3, -0.25) is 4.79 Å². The topological polar surface area (TPSA) is 38.3 Å². The van der Waals surface area contributed by atoms with Crippen molar-refractivity contribution in [2.45, 2.75) is 24.7 Å². The molecule has 18 heavy (non-hydrogen) atoms. The van der Waals surface area contributed by atoms with Gasteiger partial charge in [0.05, 0.1) is 5.41 Å². The fourth-order valence-electron chi connectivity index (χ4n) is 2.18. The number of ether oxygens (including phenoxy) is 1. The van der Waals surface area contributed by atoms with Crippen LogP contribution in [0, 0.1) is 0 Å². The van der Waals surface area contributed by atoms with Gasteiger partial charge < -0.3 is 10.1 Å². The van der Waals surface area contributed by atoms with E-state index in [4.69, 9.17) is 16.3 Å². The number of carbonyl (C=O) groups excluding carboxylic acids is 1. The van der Waals surface area contributed by atoms with Crippen LogP contribution >= 0.6 is 11.6 Å². The minimum absolute atomic E-state index is 0.0895. The maximum absolute atomic E-state index is 12.2. The average Bonchev–Trinajstić information content (AvgIpc) is 3.16. The van der Waals surface area contributed by atoms with E-state index in [9.17, 15) is 4.79 Å². The van der Waals surface area contributed by atoms with E-state index in [0.717, 1.165) is 24.8 Å². The summed E-state index contributed by atoms with van der Waals surface area (Å²) in [5.41, 5.74) is 0.571. The summed E-state index contributed by atoms with van der Waals surface area (Å²) in [6.45, 7) is 1.32. The van der Waals surface area contributed by atoms with Gasteiger partial charge in [0.1, 0.15) is 0 Å². The van der Waals surface area contributed by atoms with Crippen LogP contribution in [0.5, 0.6) is 0 Å². The molecule has 98 valence electrons. The number of nitrogens with one attached hydrogen (secondary N) is 1. The summed E-state index contributed by atoms with van der Waals surface area (Å²) in [5.74, 6) is 0.0895. The van der Waals surface area contributed by atoms with Crippen molar-refractivity contribution in [3.05, 3.63) is 34.9 Å². The smallest absolute Gasteiger partial charge is 0.230 e. The lowest BCUT2D eigenvalue weighted by Crippen LogP contribution is -2.35. The van der Waals surface area contributed by atoms with Gasteiger partial charge in [0.2, 0.25) is 5.91 Å². The molecular weight excluding hydrogens is 250 g/mol. The summed E-state index contributed by atoms with van der Waals surface area (Å²) < 4.78 is 4.96. The molecule has 1 aliphatic carbocycles. The van der Waals surface area contributed by atoms with Crippen LogP contribution in [-0.4, -0.2) is 26.2 Å². The Balaban J connectivity index is 1.99. The van der Waals surface area contributed by atoms with Crippen molar-refractivity contribution < 1.29 is 9.53 Å². The fourth-order valence-corrected chi connectivity index (χ4v) is 2.50. The van der Waals surface area contributed by atoms with Crippen molar-refractivity contribution in [2.75, 3.05) is 20.3 Å². The van der Waals surface area contributed by atoms with Crippen molar-refractivity contribution >= 4 is 17.5 Å². The number of hydrogen-bond donors (Lipinski definition) is 1. The highest BCUT2D eigenvalue weighted by Gasteiger charge is 2.51. The molecule has 2 rings (SSSR count). The first kappa shape index (κ1) is 13.4. The Hall–Kier alpha value is -1.06. The standard InChI is InChI=1S/C14H18ClNO2/c1-18-10-4-9-16-13(17)14(7-8-14)11-5-2-3-6-12(11)15/h2-3,5-6H,4,7-10H2,1H3,(H,16,17). The summed E-state index contributed by atoms with van der Waals surface area (Å²) in [6, 6.07) is 7.61. The Morgan fingerprint density at radius 1 is 1.44 bits per heavy atom. The quantitative estimate of drug-likeness (QED) is 0.805. The Labute approximate surface area is 112 Å². The van der Waals surface area contributed by atoms with Gasteiger partial charge in [-0.15, -0.1) is 0 Å². The number of hydrogen-bond acceptors (Lipinski definition) is 2. The van der Waals surface area contributed by atoms with Crippen molar-refractivity contribution in [1.82, 2.24) is 5.32 Å². The first-order valence-electron chi connectivity index (χ1n) is 6.23. The molecule has 1 aliphatic rings. The molecule has 1 saturated carbocycles. The molecule has 1 aromatic rings. The molecule has 1 amide bonds. The third-order valence-electron chi connectivity index (χ3n) is 3.38. The van der Waals surface area contributed by atoms with Gasteiger partial charge in [0, 0.05) is 25.3 Å². The molecule has 3 nitrogen and oxygen atoms in total. The lowest BCUT2D eigenvalue weighted by Gasteiger charge is -2.17. The lowest BCUT2D eigenvalue weighted by atomic mass is 9.95. The van der Waals surface area contributed by atoms with Crippen molar-refractivity contribution in [2.24, 2.45) is 0 Å². The zero-order valence-electron chi connectivity index (χ0n) is 10.5. The molecule has 0 aliphatic heterocycles. The van der Waals surface area contributed by atoms with Gasteiger partial charge in [-0.25, -0.2) is 0 Å². The monoisotopic (exact) mass is 267 g/mol. The predicted molar refractivity (Wildman–Crippen MR) is 71.9 cm³/mol. The third kappa shape index (κ3) is 2.68. The number of benzene rings is 1. The number of rotatable bonds is 6. The second-order valence-corrected chi connectivity index (χ2v) is 5.07. The fraction of sp³-hybridized carbons (Fsp3) is 0.500. The first-order chi connectivity index (χ1) is 8.70. The van der Waals surface area contributed by atoms with Crippen LogP contribution < -0.4 is 5.32 Å². The second kappa shape index (κ2) is 5.72. The summed E-state index contributed by atoms with van der Waals surface area (Å²) in [4.78, 5) is 12.2. The molecule has 0 heterocycles. The molecular formula is C14H18ClNO2. The first-order valence-corrected chi connectivity index (χ1v) is 6.61. The Morgan fingerprint density at radius 2 is 2.17 bits per heavy atom. The van der Waals surface area contributed by atoms with E-state index >= 15 is 0 Å². The van der Waals surface area contributed by atoms with Crippen LogP contribution in [0.15, 0.2) is 24.3 Å². The lowest BCUT2D eigenvalue weighted by molar-refractivity contribution is -0.123. The van der Waals surface area contributed by atoms with Gasteiger partial charge in [0.15, 0.2) is 0 Å². The molecule has 0 aromatic heterocycles. The maximum atomic E-state index is 12.2. The number of carbonyl (C=O) groups is 1. The molecule has 4 heteroatoms. The highest BCUT2D eigenvalue weighted by atomic mass is 35.5. The molecule has 0 saturated heterocycles. The van der Waals surface area contributed by atoms with E-state index in [0.29, 0.717) is 18.2 Å². The van der Waals surface area contributed by atoms with Gasteiger partial charge >= 0.3 is 0 Å². The molecule has 0 spiro atoms. The Bertz CT molecular complexity index is 430. The molecule has 0 radical (unpaired) electrons. The molecule has 1 fully saturated rings. The minimum Gasteiger partial charge on any atom is -0.385 e. The van der Waals surface area contributed by atoms with E-state index < -0.39 is 0 Å². The molecule has 1 N–H and O–H groups in total. The van der Waals surface area contributed by atoms with Crippen molar-refractivity contribution in [3.8, 4) is 0 Å². The van der Waals surface area contributed by atoms with Gasteiger partial charge in [-0.1, -0.05) is 29.8 Å².